The Kier molecular flexibility index (Phi) is 6.99. The zero-order chi connectivity index (χ0) is 20.2. The van der Waals surface area contributed by atoms with Crippen LogP contribution in [0.5, 0.6) is 11.5 Å². The molecule has 0 N–H and O–H groups in total. The summed E-state index contributed by atoms with van der Waals surface area (Å²) >= 11 is 2.51. The molecular weight excluding hydrogens is 478 g/mol. The van der Waals surface area contributed by atoms with Crippen LogP contribution < -0.4 is 9.47 Å². The highest BCUT2D eigenvalue weighted by molar-refractivity contribution is 14.1. The number of halogens is 2. The molecule has 0 spiro atoms. The summed E-state index contributed by atoms with van der Waals surface area (Å²) in [5, 5.41) is 0. The van der Waals surface area contributed by atoms with Gasteiger partial charge >= 0.3 is 0 Å². The van der Waals surface area contributed by atoms with Crippen LogP contribution in [-0.2, 0) is 0 Å². The van der Waals surface area contributed by atoms with E-state index in [0.717, 1.165) is 55.3 Å². The molecule has 2 nitrogen and oxygen atoms in total. The molecule has 1 atom stereocenters. The Labute approximate surface area is 187 Å². The lowest BCUT2D eigenvalue weighted by Crippen LogP contribution is -2.20. The predicted octanol–water partition coefficient (Wildman–Crippen LogP) is 7.12. The van der Waals surface area contributed by atoms with E-state index < -0.39 is 0 Å². The van der Waals surface area contributed by atoms with Crippen LogP contribution in [0.25, 0.3) is 0 Å². The van der Waals surface area contributed by atoms with Gasteiger partial charge in [0.25, 0.3) is 0 Å². The number of ether oxygens (including phenoxy) is 2. The van der Waals surface area contributed by atoms with E-state index in [0.29, 0.717) is 11.8 Å². The van der Waals surface area contributed by atoms with E-state index in [-0.39, 0.29) is 11.7 Å². The first-order chi connectivity index (χ1) is 14.2. The lowest BCUT2D eigenvalue weighted by Gasteiger charge is -2.29. The fraction of sp³-hybridized carbons (Fsp3) is 0.520. The molecule has 4 rings (SSSR count). The van der Waals surface area contributed by atoms with Crippen molar-refractivity contribution in [3.8, 4) is 11.5 Å². The molecule has 0 saturated heterocycles. The number of rotatable bonds is 8. The van der Waals surface area contributed by atoms with E-state index in [1.54, 1.807) is 13.2 Å². The van der Waals surface area contributed by atoms with E-state index in [1.165, 1.54) is 28.9 Å². The fourth-order valence-corrected chi connectivity index (χ4v) is 5.86. The summed E-state index contributed by atoms with van der Waals surface area (Å²) in [6.45, 7) is 0.759. The van der Waals surface area contributed by atoms with Crippen LogP contribution in [0.15, 0.2) is 42.5 Å². The highest BCUT2D eigenvalue weighted by Crippen LogP contribution is 2.44. The van der Waals surface area contributed by atoms with Gasteiger partial charge in [0.15, 0.2) is 0 Å². The van der Waals surface area contributed by atoms with Crippen LogP contribution in [0.3, 0.4) is 0 Å². The average molecular weight is 508 g/mol. The van der Waals surface area contributed by atoms with Gasteiger partial charge in [-0.3, -0.25) is 0 Å². The minimum Gasteiger partial charge on any atom is -0.497 e. The second-order valence-corrected chi connectivity index (χ2v) is 9.47. The van der Waals surface area contributed by atoms with Crippen LogP contribution in [0.4, 0.5) is 4.39 Å². The third-order valence-corrected chi connectivity index (χ3v) is 7.57. The number of hydrogen-bond acceptors (Lipinski definition) is 2. The van der Waals surface area contributed by atoms with Gasteiger partial charge in [-0.1, -0.05) is 34.7 Å². The lowest BCUT2D eigenvalue weighted by atomic mass is 9.79. The summed E-state index contributed by atoms with van der Waals surface area (Å²) in [4.78, 5) is 0. The molecule has 0 amide bonds. The Balaban J connectivity index is 1.30. The molecule has 2 saturated carbocycles. The third kappa shape index (κ3) is 5.25. The molecule has 0 bridgehead atoms. The molecule has 0 heterocycles. The molecule has 2 aliphatic carbocycles. The van der Waals surface area contributed by atoms with Crippen molar-refractivity contribution in [2.24, 2.45) is 11.8 Å². The van der Waals surface area contributed by atoms with E-state index >= 15 is 0 Å². The quantitative estimate of drug-likeness (QED) is 0.279. The maximum Gasteiger partial charge on any atom is 0.126 e. The molecular formula is C25H30FIO2. The number of methoxy groups -OCH3 is 1. The van der Waals surface area contributed by atoms with Crippen LogP contribution in [0.2, 0.25) is 0 Å². The zero-order valence-electron chi connectivity index (χ0n) is 17.1. The summed E-state index contributed by atoms with van der Waals surface area (Å²) in [7, 11) is 1.63. The van der Waals surface area contributed by atoms with Crippen molar-refractivity contribution in [3.63, 3.8) is 0 Å². The van der Waals surface area contributed by atoms with Crippen molar-refractivity contribution in [1.29, 1.82) is 0 Å². The molecule has 0 aliphatic heterocycles. The first-order valence-electron chi connectivity index (χ1n) is 10.8. The Hall–Kier alpha value is -1.30. The van der Waals surface area contributed by atoms with Crippen LogP contribution >= 0.6 is 22.6 Å². The molecule has 29 heavy (non-hydrogen) atoms. The molecule has 2 aliphatic rings. The summed E-state index contributed by atoms with van der Waals surface area (Å²) in [5.74, 6) is 4.01. The van der Waals surface area contributed by atoms with Crippen LogP contribution in [0, 0.1) is 17.7 Å². The second-order valence-electron chi connectivity index (χ2n) is 8.59. The predicted molar refractivity (Wildman–Crippen MR) is 124 cm³/mol. The topological polar surface area (TPSA) is 18.5 Å². The van der Waals surface area contributed by atoms with Crippen molar-refractivity contribution in [1.82, 2.24) is 0 Å². The lowest BCUT2D eigenvalue weighted by molar-refractivity contribution is 0.199. The minimum absolute atomic E-state index is 0.109. The van der Waals surface area contributed by atoms with E-state index in [2.05, 4.69) is 46.9 Å². The van der Waals surface area contributed by atoms with Crippen molar-refractivity contribution < 1.29 is 13.9 Å². The minimum atomic E-state index is -0.109. The van der Waals surface area contributed by atoms with Gasteiger partial charge in [-0.15, -0.1) is 0 Å². The second kappa shape index (κ2) is 9.67. The molecule has 0 aromatic heterocycles. The summed E-state index contributed by atoms with van der Waals surface area (Å²) in [5.41, 5.74) is 2.23. The molecule has 2 aromatic rings. The van der Waals surface area contributed by atoms with Gasteiger partial charge in [-0.25, -0.2) is 4.39 Å². The zero-order valence-corrected chi connectivity index (χ0v) is 19.2. The Morgan fingerprint density at radius 1 is 1.00 bits per heavy atom. The first-order valence-corrected chi connectivity index (χ1v) is 12.3. The summed E-state index contributed by atoms with van der Waals surface area (Å²) in [6, 6.07) is 13.8. The van der Waals surface area contributed by atoms with Gasteiger partial charge in [0.2, 0.25) is 0 Å². The molecule has 2 fully saturated rings. The molecule has 1 unspecified atom stereocenters. The van der Waals surface area contributed by atoms with Crippen molar-refractivity contribution in [2.45, 2.75) is 50.4 Å². The van der Waals surface area contributed by atoms with Crippen LogP contribution in [-0.4, -0.2) is 18.1 Å². The summed E-state index contributed by atoms with van der Waals surface area (Å²) in [6.07, 6.45) is 6.93. The number of hydrogen-bond donors (Lipinski definition) is 0. The van der Waals surface area contributed by atoms with E-state index in [1.807, 2.05) is 6.07 Å². The van der Waals surface area contributed by atoms with Gasteiger partial charge in [-0.05, 0) is 104 Å². The maximum absolute atomic E-state index is 14.3. The average Bonchev–Trinajstić information content (AvgIpc) is 3.59. The van der Waals surface area contributed by atoms with Crippen LogP contribution in [0.1, 0.15) is 61.5 Å². The van der Waals surface area contributed by atoms with Crippen molar-refractivity contribution >= 4 is 22.6 Å². The Morgan fingerprint density at radius 2 is 1.79 bits per heavy atom. The molecule has 156 valence electrons. The maximum atomic E-state index is 14.3. The molecule has 0 radical (unpaired) electrons. The highest BCUT2D eigenvalue weighted by atomic mass is 127. The van der Waals surface area contributed by atoms with E-state index in [9.17, 15) is 4.39 Å². The SMILES string of the molecule is COc1ccc(F)c([C@H]2CC[C@H](COc3cccc(C(CI)C4CC4)c3)CC2)c1. The van der Waals surface area contributed by atoms with Gasteiger partial charge in [-0.2, -0.15) is 0 Å². The smallest absolute Gasteiger partial charge is 0.126 e. The fourth-order valence-electron chi connectivity index (χ4n) is 4.64. The largest absolute Gasteiger partial charge is 0.497 e. The number of alkyl halides is 1. The normalized spacial score (nSPS) is 22.9. The number of benzene rings is 2. The van der Waals surface area contributed by atoms with Gasteiger partial charge in [0.05, 0.1) is 13.7 Å². The monoisotopic (exact) mass is 508 g/mol. The van der Waals surface area contributed by atoms with Crippen molar-refractivity contribution in [3.05, 3.63) is 59.4 Å². The van der Waals surface area contributed by atoms with E-state index in [4.69, 9.17) is 9.47 Å². The highest BCUT2D eigenvalue weighted by Gasteiger charge is 2.31. The van der Waals surface area contributed by atoms with Gasteiger partial charge in [0.1, 0.15) is 17.3 Å². The summed E-state index contributed by atoms with van der Waals surface area (Å²) < 4.78 is 26.9. The Morgan fingerprint density at radius 3 is 2.48 bits per heavy atom. The Bertz CT molecular complexity index is 812. The first kappa shape index (κ1) is 21.0. The van der Waals surface area contributed by atoms with Gasteiger partial charge < -0.3 is 9.47 Å². The standard InChI is InChI=1S/C25H30FIO2/c1-28-21-11-12-25(26)23(14-21)18-7-5-17(6-8-18)16-29-22-4-2-3-20(13-22)24(15-27)19-9-10-19/h2-4,11-14,17-19,24H,5-10,15-16H2,1H3/t17-,18-,24?. The molecule has 2 aromatic carbocycles. The third-order valence-electron chi connectivity index (χ3n) is 6.62. The molecule has 4 heteroatoms. The van der Waals surface area contributed by atoms with Crippen molar-refractivity contribution in [2.75, 3.05) is 18.1 Å². The van der Waals surface area contributed by atoms with Gasteiger partial charge in [0, 0.05) is 4.43 Å².